The van der Waals surface area contributed by atoms with Crippen molar-refractivity contribution in [3.63, 3.8) is 0 Å². The maximum atomic E-state index is 16.2. The number of halogens is 3. The van der Waals surface area contributed by atoms with Crippen LogP contribution in [0.15, 0.2) is 141 Å². The Kier molecular flexibility index (Phi) is 26.3. The molecule has 0 bridgehead atoms. The zero-order valence-corrected chi connectivity index (χ0v) is 74.5. The monoisotopic (exact) mass is 1790 g/mol. The number of aromatic nitrogens is 6. The first-order chi connectivity index (χ1) is 63.4. The third-order valence-electron chi connectivity index (χ3n) is 27.2. The van der Waals surface area contributed by atoms with Crippen LogP contribution in [0.2, 0.25) is 5.02 Å². The number of likely N-dealkylation sites (tertiary alicyclic amines) is 3. The average molecular weight is 1800 g/mol. The van der Waals surface area contributed by atoms with E-state index in [9.17, 15) is 44.9 Å². The highest BCUT2D eigenvalue weighted by Crippen LogP contribution is 2.56. The number of phenols is 1. The van der Waals surface area contributed by atoms with Crippen LogP contribution in [-0.2, 0) is 59.6 Å². The zero-order chi connectivity index (χ0) is 91.6. The summed E-state index contributed by atoms with van der Waals surface area (Å²) < 4.78 is 50.8. The van der Waals surface area contributed by atoms with Gasteiger partial charge in [-0.05, 0) is 140 Å². The molecule has 9 aliphatic heterocycles. The quantitative estimate of drug-likeness (QED) is 0.0498. The summed E-state index contributed by atoms with van der Waals surface area (Å²) in [5.41, 5.74) is 12.7. The van der Waals surface area contributed by atoms with E-state index in [0.717, 1.165) is 96.7 Å². The second-order valence-corrected chi connectivity index (χ2v) is 35.6. The van der Waals surface area contributed by atoms with E-state index < -0.39 is 12.0 Å². The average Bonchev–Trinajstić information content (AvgIpc) is 1.55. The molecule has 12 heterocycles. The normalized spacial score (nSPS) is 21.6. The molecule has 4 unspecified atom stereocenters. The van der Waals surface area contributed by atoms with Gasteiger partial charge in [0.05, 0.1) is 104 Å². The highest BCUT2D eigenvalue weighted by atomic mass is 35.5. The molecule has 3 N–H and O–H groups in total. The highest BCUT2D eigenvalue weighted by Gasteiger charge is 2.54. The van der Waals surface area contributed by atoms with Crippen LogP contribution in [0.5, 0.6) is 23.8 Å². The van der Waals surface area contributed by atoms with Crippen molar-refractivity contribution in [1.82, 2.24) is 74.0 Å². The number of phenolic OH excluding ortho intramolecular Hbond substituents is 1. The summed E-state index contributed by atoms with van der Waals surface area (Å²) in [7, 11) is 0. The molecule has 0 radical (unpaired) electrons. The lowest BCUT2D eigenvalue weighted by molar-refractivity contribution is -0.129. The Labute approximate surface area is 763 Å². The number of anilines is 4. The number of nitrogen functional groups attached to an aromatic ring is 1. The number of nitrogens with zero attached hydrogens (tertiary/aromatic N) is 21. The number of nitriles is 3. The van der Waals surface area contributed by atoms with Gasteiger partial charge in [-0.25, -0.2) is 0 Å². The summed E-state index contributed by atoms with van der Waals surface area (Å²) in [5.74, 6) is -2.24. The van der Waals surface area contributed by atoms with E-state index in [1.165, 1.54) is 30.4 Å². The van der Waals surface area contributed by atoms with Crippen LogP contribution in [0.3, 0.4) is 0 Å². The fourth-order valence-electron chi connectivity index (χ4n) is 20.3. The van der Waals surface area contributed by atoms with E-state index in [2.05, 4.69) is 83.2 Å². The number of ether oxygens (including phenoxy) is 3. The minimum Gasteiger partial charge on any atom is -0.508 e. The van der Waals surface area contributed by atoms with Crippen molar-refractivity contribution in [2.24, 2.45) is 0 Å². The van der Waals surface area contributed by atoms with Gasteiger partial charge in [-0.2, -0.15) is 54.5 Å². The molecule has 10 aliphatic rings. The molecule has 9 aromatic rings. The number of hydrogen-bond donors (Lipinski definition) is 2. The van der Waals surface area contributed by atoms with Gasteiger partial charge in [0.25, 0.3) is 17.7 Å². The van der Waals surface area contributed by atoms with Crippen LogP contribution >= 0.6 is 11.6 Å². The molecule has 131 heavy (non-hydrogen) atoms. The molecule has 5 amide bonds. The summed E-state index contributed by atoms with van der Waals surface area (Å²) in [5, 5.41) is 43.8. The molecule has 6 aromatic carbocycles. The van der Waals surface area contributed by atoms with E-state index in [-0.39, 0.29) is 122 Å². The number of carbonyl (C=O) groups is 5. The third-order valence-corrected chi connectivity index (χ3v) is 27.5. The van der Waals surface area contributed by atoms with Crippen LogP contribution in [0, 0.1) is 34.0 Å². The molecule has 678 valence electrons. The Morgan fingerprint density at radius 3 is 1.39 bits per heavy atom. The summed E-state index contributed by atoms with van der Waals surface area (Å²) in [4.78, 5) is 118. The SMILES string of the molecule is C=CC(=O)N1CCN(c2nc(OCN3CCCC3C)nc3c2CN(C(=O)c2cc(N)cc4ccccc24)C3)C[C@@H]1CC#N.C=CC(=O)N1CCN(c2nc(OCN3CCCC3C)nc3c2CN(C(=O)c2cc(O)cc4cccc(Cl)c24)C3)C[C@@H]1CC#N.C=CC(=O)N1CCN(c2nc(OCN3CCCC3C)nc3c2CN(C2c4cccc5cccc(c45)C2(F)F)C3)C[C@@H]1CC#N. The number of piperazine rings is 3. The van der Waals surface area contributed by atoms with Crippen LogP contribution in [-0.4, -0.2) is 244 Å². The standard InChI is InChI=1S/C33H35F2N7O2.C32H34ClN7O4.C32H36N8O3/c1-3-28(43)42-16-15-39(17-23(42)12-13-36)31-25-18-41(19-27(25)37-32(38-31)44-20-40-14-6-7-21(40)2)30-24-10-4-8-22-9-5-11-26(29(22)24)33(30,34)35;1-3-28(42)40-13-12-37(16-22(40)9-10-34)30-25-17-39(18-27(25)35-32(36-30)44-19-38-11-5-6-20(38)2)31(43)24-15-23(41)14-21-7-4-8-26(33)29(21)24;1-3-29(41)40-14-13-37(17-24(40)10-11-33)30-27-18-39(31(42)26-16-23(34)15-22-8-4-5-9-25(22)26)19-28(27)35-32(36-30)43-20-38-12-6-7-21(38)2/h3-5,8-11,21,23,30H,1,6-7,12,14-20H2,2H3;3-4,7-8,14-15,20,22,41H,1,5-6,9,11-13,16-19H2,2H3;3-5,8-9,15-16,21,24H,1,6-7,10,12-14,17-20,34H2,2H3/t21?,23-,30?;20?,22-;21?,24-/m000/s1. The molecule has 34 heteroatoms. The van der Waals surface area contributed by atoms with Crippen molar-refractivity contribution in [2.45, 2.75) is 166 Å². The minimum absolute atomic E-state index is 0.0254. The first-order valence-corrected chi connectivity index (χ1v) is 45.2. The molecule has 0 saturated carbocycles. The first kappa shape index (κ1) is 89.7. The lowest BCUT2D eigenvalue weighted by Gasteiger charge is -2.41. The molecule has 19 rings (SSSR count). The Morgan fingerprint density at radius 2 is 0.931 bits per heavy atom. The second-order valence-electron chi connectivity index (χ2n) is 35.2. The predicted molar refractivity (Wildman–Crippen MR) is 489 cm³/mol. The van der Waals surface area contributed by atoms with Crippen molar-refractivity contribution >= 4 is 96.6 Å². The smallest absolute Gasteiger partial charge is 0.320 e. The van der Waals surface area contributed by atoms with Crippen molar-refractivity contribution < 1.29 is 52.1 Å². The number of fused-ring (bicyclic) bond motifs is 5. The lowest BCUT2D eigenvalue weighted by Crippen LogP contribution is -2.55. The van der Waals surface area contributed by atoms with E-state index in [1.807, 2.05) is 53.4 Å². The first-order valence-electron chi connectivity index (χ1n) is 44.8. The summed E-state index contributed by atoms with van der Waals surface area (Å²) in [6.07, 6.45) is 11.0. The Hall–Kier alpha value is -13.2. The molecule has 0 spiro atoms. The van der Waals surface area contributed by atoms with Crippen molar-refractivity contribution in [3.05, 3.63) is 202 Å². The number of aromatic hydroxyl groups is 1. The maximum absolute atomic E-state index is 16.2. The molecular weight excluding hydrogens is 1690 g/mol. The zero-order valence-electron chi connectivity index (χ0n) is 73.7. The number of carbonyl (C=O) groups excluding carboxylic acids is 5. The Morgan fingerprint density at radius 1 is 0.504 bits per heavy atom. The molecule has 6 saturated heterocycles. The van der Waals surface area contributed by atoms with Gasteiger partial charge in [-0.1, -0.05) is 104 Å². The summed E-state index contributed by atoms with van der Waals surface area (Å²) in [6, 6.07) is 36.7. The molecule has 6 fully saturated rings. The lowest BCUT2D eigenvalue weighted by atomic mass is 10.0. The second kappa shape index (κ2) is 38.4. The van der Waals surface area contributed by atoms with E-state index >= 15 is 8.78 Å². The largest absolute Gasteiger partial charge is 0.508 e. The predicted octanol–water partition coefficient (Wildman–Crippen LogP) is 12.1. The van der Waals surface area contributed by atoms with Gasteiger partial charge in [0.2, 0.25) is 17.7 Å². The number of benzene rings is 6. The third kappa shape index (κ3) is 18.2. The van der Waals surface area contributed by atoms with Crippen LogP contribution in [0.25, 0.3) is 32.3 Å². The minimum atomic E-state index is -3.08. The van der Waals surface area contributed by atoms with Crippen molar-refractivity contribution in [1.29, 1.82) is 15.8 Å². The summed E-state index contributed by atoms with van der Waals surface area (Å²) in [6.45, 7) is 26.7. The van der Waals surface area contributed by atoms with Crippen molar-refractivity contribution in [3.8, 4) is 42.0 Å². The number of amides is 5. The molecule has 31 nitrogen and oxygen atoms in total. The number of rotatable bonds is 21. The van der Waals surface area contributed by atoms with Gasteiger partial charge < -0.3 is 64.3 Å². The number of alkyl halides is 2. The fourth-order valence-corrected chi connectivity index (χ4v) is 20.6. The summed E-state index contributed by atoms with van der Waals surface area (Å²) >= 11 is 6.53. The van der Waals surface area contributed by atoms with Gasteiger partial charge in [-0.3, -0.25) is 43.6 Å². The Balaban J connectivity index is 0.000000137. The van der Waals surface area contributed by atoms with Crippen LogP contribution in [0.4, 0.5) is 31.9 Å². The van der Waals surface area contributed by atoms with Crippen molar-refractivity contribution in [2.75, 3.05) is 119 Å². The van der Waals surface area contributed by atoms with Gasteiger partial charge in [0.1, 0.15) is 49.4 Å². The van der Waals surface area contributed by atoms with Crippen LogP contribution in [0.1, 0.15) is 150 Å². The molecule has 3 aromatic heterocycles. The van der Waals surface area contributed by atoms with E-state index in [0.29, 0.717) is 183 Å². The van der Waals surface area contributed by atoms with E-state index in [1.54, 1.807) is 71.9 Å². The molecular formula is C97H105ClF2N22O9. The highest BCUT2D eigenvalue weighted by molar-refractivity contribution is 6.37. The number of nitrogens with two attached hydrogens (primary N) is 1. The topological polar surface area (TPSA) is 347 Å². The fraction of sp³-hybridized carbons (Fsp3) is 0.423. The van der Waals surface area contributed by atoms with E-state index in [4.69, 9.17) is 61.4 Å². The van der Waals surface area contributed by atoms with Gasteiger partial charge in [0.15, 0.2) is 0 Å². The van der Waals surface area contributed by atoms with Gasteiger partial charge >= 0.3 is 18.0 Å². The molecule has 7 atom stereocenters. The maximum Gasteiger partial charge on any atom is 0.320 e. The number of hydrogen-bond acceptors (Lipinski definition) is 26. The van der Waals surface area contributed by atoms with Crippen LogP contribution < -0.4 is 34.6 Å². The molecule has 1 aliphatic carbocycles. The van der Waals surface area contributed by atoms with Gasteiger partial charge in [-0.15, -0.1) is 0 Å². The Bertz CT molecular complexity index is 6120. The van der Waals surface area contributed by atoms with Gasteiger partial charge in [0, 0.05) is 154 Å².